The molecule has 2 aromatic heterocycles. The molecule has 2 heterocycles. The summed E-state index contributed by atoms with van der Waals surface area (Å²) >= 11 is 1.60. The highest BCUT2D eigenvalue weighted by atomic mass is 32.1. The Morgan fingerprint density at radius 3 is 2.89 bits per heavy atom. The maximum absolute atomic E-state index is 9.29. The zero-order valence-corrected chi connectivity index (χ0v) is 11.6. The molecule has 0 aliphatic carbocycles. The van der Waals surface area contributed by atoms with E-state index in [-0.39, 0.29) is 12.1 Å². The molecule has 0 amide bonds. The number of aliphatic hydroxyl groups excluding tert-OH is 1. The fourth-order valence-electron chi connectivity index (χ4n) is 1.37. The van der Waals surface area contributed by atoms with Crippen molar-refractivity contribution in [3.8, 4) is 11.4 Å². The summed E-state index contributed by atoms with van der Waals surface area (Å²) < 4.78 is 5.22. The van der Waals surface area contributed by atoms with E-state index in [1.54, 1.807) is 11.3 Å². The van der Waals surface area contributed by atoms with Gasteiger partial charge >= 0.3 is 0 Å². The van der Waals surface area contributed by atoms with Crippen molar-refractivity contribution in [2.45, 2.75) is 25.9 Å². The monoisotopic (exact) mass is 267 g/mol. The molecule has 0 aliphatic heterocycles. The summed E-state index contributed by atoms with van der Waals surface area (Å²) in [6.45, 7) is 4.52. The van der Waals surface area contributed by atoms with Crippen LogP contribution in [-0.4, -0.2) is 39.3 Å². The number of hydrogen-bond acceptors (Lipinski definition) is 6. The van der Waals surface area contributed by atoms with Crippen LogP contribution in [0.2, 0.25) is 0 Å². The minimum atomic E-state index is -0.309. The van der Waals surface area contributed by atoms with Crippen LogP contribution in [0.4, 0.5) is 0 Å². The van der Waals surface area contributed by atoms with Crippen molar-refractivity contribution in [1.82, 2.24) is 15.0 Å². The van der Waals surface area contributed by atoms with Crippen LogP contribution in [0.3, 0.4) is 0 Å². The van der Waals surface area contributed by atoms with Crippen LogP contribution in [-0.2, 0) is 6.54 Å². The molecule has 0 unspecified atom stereocenters. The quantitative estimate of drug-likeness (QED) is 0.897. The van der Waals surface area contributed by atoms with E-state index in [1.165, 1.54) is 0 Å². The number of thiophene rings is 1. The Bertz CT molecular complexity index is 493. The topological polar surface area (TPSA) is 62.4 Å². The van der Waals surface area contributed by atoms with E-state index in [1.807, 2.05) is 42.6 Å². The average molecular weight is 267 g/mol. The number of likely N-dealkylation sites (N-methyl/N-ethyl adjacent to an activating group) is 1. The molecular formula is C12H17N3O2S. The van der Waals surface area contributed by atoms with Gasteiger partial charge in [0, 0.05) is 16.5 Å². The molecular weight excluding hydrogens is 250 g/mol. The highest BCUT2D eigenvalue weighted by molar-refractivity contribution is 7.08. The highest BCUT2D eigenvalue weighted by Crippen LogP contribution is 2.20. The van der Waals surface area contributed by atoms with Gasteiger partial charge in [-0.05, 0) is 32.3 Å². The van der Waals surface area contributed by atoms with E-state index in [2.05, 4.69) is 10.1 Å². The van der Waals surface area contributed by atoms with Gasteiger partial charge in [0.15, 0.2) is 0 Å². The Labute approximate surface area is 110 Å². The number of hydrogen-bond donors (Lipinski definition) is 1. The van der Waals surface area contributed by atoms with Gasteiger partial charge in [-0.25, -0.2) is 0 Å². The summed E-state index contributed by atoms with van der Waals surface area (Å²) in [7, 11) is 1.92. The Kier molecular flexibility index (Phi) is 3.79. The second-order valence-corrected chi connectivity index (χ2v) is 5.63. The molecule has 0 saturated carbocycles. The van der Waals surface area contributed by atoms with E-state index < -0.39 is 0 Å². The third-order valence-corrected chi connectivity index (χ3v) is 3.72. The minimum Gasteiger partial charge on any atom is -0.394 e. The van der Waals surface area contributed by atoms with Gasteiger partial charge in [-0.1, -0.05) is 5.16 Å². The van der Waals surface area contributed by atoms with Gasteiger partial charge in [-0.15, -0.1) is 0 Å². The van der Waals surface area contributed by atoms with Crippen molar-refractivity contribution in [1.29, 1.82) is 0 Å². The second-order valence-electron chi connectivity index (χ2n) is 4.85. The van der Waals surface area contributed by atoms with Crippen LogP contribution < -0.4 is 0 Å². The summed E-state index contributed by atoms with van der Waals surface area (Å²) in [5, 5.41) is 17.2. The van der Waals surface area contributed by atoms with Crippen LogP contribution >= 0.6 is 11.3 Å². The third kappa shape index (κ3) is 2.77. The molecule has 0 bridgehead atoms. The molecule has 2 aromatic rings. The molecule has 2 rings (SSSR count). The van der Waals surface area contributed by atoms with E-state index in [4.69, 9.17) is 4.52 Å². The van der Waals surface area contributed by atoms with Crippen molar-refractivity contribution in [2.24, 2.45) is 0 Å². The summed E-state index contributed by atoms with van der Waals surface area (Å²) in [4.78, 5) is 6.33. The standard InChI is InChI=1S/C12H17N3O2S/c1-12(2,8-16)15(3)6-10-13-11(14-17-10)9-4-5-18-7-9/h4-5,7,16H,6,8H2,1-3H3. The predicted molar refractivity (Wildman–Crippen MR) is 70.2 cm³/mol. The average Bonchev–Trinajstić information content (AvgIpc) is 2.98. The molecule has 0 spiro atoms. The SMILES string of the molecule is CN(Cc1nc(-c2ccsc2)no1)C(C)(C)CO. The fourth-order valence-corrected chi connectivity index (χ4v) is 2.00. The Morgan fingerprint density at radius 2 is 2.28 bits per heavy atom. The number of aliphatic hydroxyl groups is 1. The zero-order chi connectivity index (χ0) is 13.2. The van der Waals surface area contributed by atoms with Crippen LogP contribution in [0.25, 0.3) is 11.4 Å². The van der Waals surface area contributed by atoms with E-state index in [0.717, 1.165) is 5.56 Å². The lowest BCUT2D eigenvalue weighted by Gasteiger charge is -2.32. The summed E-state index contributed by atoms with van der Waals surface area (Å²) in [5.74, 6) is 1.17. The Balaban J connectivity index is 2.08. The molecule has 0 aromatic carbocycles. The molecule has 0 radical (unpaired) electrons. The molecule has 98 valence electrons. The molecule has 5 nitrogen and oxygen atoms in total. The van der Waals surface area contributed by atoms with Gasteiger partial charge in [0.1, 0.15) is 0 Å². The second kappa shape index (κ2) is 5.17. The van der Waals surface area contributed by atoms with E-state index >= 15 is 0 Å². The minimum absolute atomic E-state index is 0.0784. The molecule has 0 fully saturated rings. The van der Waals surface area contributed by atoms with Crippen LogP contribution in [0.1, 0.15) is 19.7 Å². The van der Waals surface area contributed by atoms with Gasteiger partial charge in [0.2, 0.25) is 11.7 Å². The molecule has 18 heavy (non-hydrogen) atoms. The third-order valence-electron chi connectivity index (χ3n) is 3.04. The smallest absolute Gasteiger partial charge is 0.241 e. The van der Waals surface area contributed by atoms with Crippen molar-refractivity contribution in [3.05, 3.63) is 22.7 Å². The largest absolute Gasteiger partial charge is 0.394 e. The first-order valence-corrected chi connectivity index (χ1v) is 6.64. The predicted octanol–water partition coefficient (Wildman–Crippen LogP) is 2.00. The van der Waals surface area contributed by atoms with Crippen LogP contribution in [0.15, 0.2) is 21.3 Å². The van der Waals surface area contributed by atoms with E-state index in [0.29, 0.717) is 18.3 Å². The van der Waals surface area contributed by atoms with Gasteiger partial charge in [0.25, 0.3) is 0 Å². The number of nitrogens with zero attached hydrogens (tertiary/aromatic N) is 3. The van der Waals surface area contributed by atoms with Crippen molar-refractivity contribution in [2.75, 3.05) is 13.7 Å². The van der Waals surface area contributed by atoms with Crippen LogP contribution in [0, 0.1) is 0 Å². The fraction of sp³-hybridized carbons (Fsp3) is 0.500. The lowest BCUT2D eigenvalue weighted by molar-refractivity contribution is 0.0652. The summed E-state index contributed by atoms with van der Waals surface area (Å²) in [6.07, 6.45) is 0. The van der Waals surface area contributed by atoms with Gasteiger partial charge in [0.05, 0.1) is 13.2 Å². The zero-order valence-electron chi connectivity index (χ0n) is 10.8. The molecule has 6 heteroatoms. The maximum Gasteiger partial charge on any atom is 0.241 e. The summed E-state index contributed by atoms with van der Waals surface area (Å²) in [6, 6.07) is 1.96. The Hall–Kier alpha value is -1.24. The van der Waals surface area contributed by atoms with Crippen molar-refractivity contribution < 1.29 is 9.63 Å². The number of aromatic nitrogens is 2. The van der Waals surface area contributed by atoms with Gasteiger partial charge in [-0.2, -0.15) is 16.3 Å². The molecule has 1 N–H and O–H groups in total. The Morgan fingerprint density at radius 1 is 1.50 bits per heavy atom. The lowest BCUT2D eigenvalue weighted by Crippen LogP contribution is -2.43. The number of rotatable bonds is 5. The first kappa shape index (κ1) is 13.2. The molecule has 0 atom stereocenters. The summed E-state index contributed by atoms with van der Waals surface area (Å²) in [5.41, 5.74) is 0.663. The first-order valence-electron chi connectivity index (χ1n) is 5.70. The molecule has 0 saturated heterocycles. The maximum atomic E-state index is 9.29. The van der Waals surface area contributed by atoms with Crippen molar-refractivity contribution in [3.63, 3.8) is 0 Å². The first-order chi connectivity index (χ1) is 8.53. The molecule has 0 aliphatic rings. The van der Waals surface area contributed by atoms with Gasteiger partial charge in [-0.3, -0.25) is 4.90 Å². The van der Waals surface area contributed by atoms with Crippen LogP contribution in [0.5, 0.6) is 0 Å². The van der Waals surface area contributed by atoms with Crippen molar-refractivity contribution >= 4 is 11.3 Å². The van der Waals surface area contributed by atoms with E-state index in [9.17, 15) is 5.11 Å². The van der Waals surface area contributed by atoms with Gasteiger partial charge < -0.3 is 9.63 Å². The highest BCUT2D eigenvalue weighted by Gasteiger charge is 2.24. The lowest BCUT2D eigenvalue weighted by atomic mass is 10.1. The normalized spacial score (nSPS) is 12.3.